The quantitative estimate of drug-likeness (QED) is 0.201. The second-order valence-electron chi connectivity index (χ2n) is 12.6. The minimum atomic E-state index is -3.42. The lowest BCUT2D eigenvalue weighted by molar-refractivity contribution is -0.0579. The Morgan fingerprint density at radius 3 is 2.13 bits per heavy atom. The maximum Gasteiger partial charge on any atom is 0.410 e. The van der Waals surface area contributed by atoms with Crippen LogP contribution in [0.2, 0.25) is 5.04 Å². The van der Waals surface area contributed by atoms with Crippen LogP contribution in [0.15, 0.2) is 91.0 Å². The van der Waals surface area contributed by atoms with Gasteiger partial charge in [0.15, 0.2) is 0 Å². The molecule has 1 aliphatic rings. The highest BCUT2D eigenvalue weighted by Crippen LogP contribution is 2.39. The van der Waals surface area contributed by atoms with Crippen LogP contribution in [0.25, 0.3) is 0 Å². The predicted molar refractivity (Wildman–Crippen MR) is 172 cm³/mol. The van der Waals surface area contributed by atoms with Crippen molar-refractivity contribution in [2.75, 3.05) is 13.2 Å². The van der Waals surface area contributed by atoms with Crippen LogP contribution in [0.4, 0.5) is 13.6 Å². The molecular weight excluding hydrogens is 592 g/mol. The third kappa shape index (κ3) is 7.19. The van der Waals surface area contributed by atoms with E-state index < -0.39 is 38.6 Å². The van der Waals surface area contributed by atoms with Crippen molar-refractivity contribution in [3.8, 4) is 0 Å². The van der Waals surface area contributed by atoms with Gasteiger partial charge in [-0.2, -0.15) is 13.9 Å². The summed E-state index contributed by atoms with van der Waals surface area (Å²) < 4.78 is 43.6. The number of ether oxygens (including phenoxy) is 1. The molecule has 0 saturated heterocycles. The Morgan fingerprint density at radius 1 is 0.978 bits per heavy atom. The Kier molecular flexibility index (Phi) is 9.86. The molecule has 238 valence electrons. The number of hydrogen-bond donors (Lipinski definition) is 2. The van der Waals surface area contributed by atoms with Gasteiger partial charge >= 0.3 is 6.09 Å². The van der Waals surface area contributed by atoms with Crippen LogP contribution in [0.5, 0.6) is 0 Å². The molecular formula is C35H41F2N3O4Si. The van der Waals surface area contributed by atoms with Crippen molar-refractivity contribution < 1.29 is 27.8 Å². The van der Waals surface area contributed by atoms with Gasteiger partial charge in [0.1, 0.15) is 12.3 Å². The summed E-state index contributed by atoms with van der Waals surface area (Å²) in [6.07, 6.45) is -2.33. The molecule has 5 rings (SSSR count). The van der Waals surface area contributed by atoms with Crippen molar-refractivity contribution >= 4 is 24.8 Å². The Balaban J connectivity index is 1.25. The van der Waals surface area contributed by atoms with Crippen LogP contribution in [-0.2, 0) is 34.7 Å². The summed E-state index contributed by atoms with van der Waals surface area (Å²) in [4.78, 5) is 14.2. The largest absolute Gasteiger partial charge is 0.445 e. The summed E-state index contributed by atoms with van der Waals surface area (Å²) in [5.74, 6) is -3.42. The highest BCUT2D eigenvalue weighted by atomic mass is 28.4. The number of alkyl halides is 2. The van der Waals surface area contributed by atoms with E-state index in [1.165, 1.54) is 4.90 Å². The van der Waals surface area contributed by atoms with E-state index in [1.807, 2.05) is 66.7 Å². The van der Waals surface area contributed by atoms with Gasteiger partial charge in [0.25, 0.3) is 14.2 Å². The molecule has 0 aliphatic carbocycles. The van der Waals surface area contributed by atoms with Crippen molar-refractivity contribution in [3.63, 3.8) is 0 Å². The lowest BCUT2D eigenvalue weighted by Gasteiger charge is -2.43. The average molecular weight is 634 g/mol. The molecule has 1 aliphatic heterocycles. The van der Waals surface area contributed by atoms with Gasteiger partial charge in [0.2, 0.25) is 0 Å². The molecule has 2 heterocycles. The van der Waals surface area contributed by atoms with E-state index in [1.54, 1.807) is 0 Å². The number of benzene rings is 3. The third-order valence-corrected chi connectivity index (χ3v) is 13.5. The Hall–Kier alpha value is -3.86. The molecule has 1 unspecified atom stereocenters. The van der Waals surface area contributed by atoms with Crippen LogP contribution in [0, 0.1) is 0 Å². The standard InChI is InChI=1S/C35H41F2N3O4Si/c1-34(2,3)45(28-15-9-5-10-16-28,29-17-11-6-12-18-29)44-22-20-27(41)23-35(36,37)32-30-24-40(21-19-31(30)38-39-32)33(42)43-25-26-13-7-4-8-14-26/h4-18,27,41H,19-25H2,1-3H3,(H,38,39). The summed E-state index contributed by atoms with van der Waals surface area (Å²) in [5, 5.41) is 19.5. The van der Waals surface area contributed by atoms with Gasteiger partial charge in [-0.25, -0.2) is 4.79 Å². The summed E-state index contributed by atoms with van der Waals surface area (Å²) in [6.45, 7) is 6.93. The maximum absolute atomic E-state index is 15.7. The van der Waals surface area contributed by atoms with E-state index in [4.69, 9.17) is 9.16 Å². The highest BCUT2D eigenvalue weighted by Gasteiger charge is 2.50. The SMILES string of the molecule is CC(C)(C)[Si](OCCC(O)CC(F)(F)c1n[nH]c2c1CN(C(=O)OCc1ccccc1)CC2)(c1ccccc1)c1ccccc1. The number of fused-ring (bicyclic) bond motifs is 1. The average Bonchev–Trinajstić information content (AvgIpc) is 3.47. The molecule has 0 saturated carbocycles. The second kappa shape index (κ2) is 13.6. The number of nitrogens with zero attached hydrogens (tertiary/aromatic N) is 2. The van der Waals surface area contributed by atoms with Crippen LogP contribution < -0.4 is 10.4 Å². The predicted octanol–water partition coefficient (Wildman–Crippen LogP) is 5.91. The molecule has 0 spiro atoms. The van der Waals surface area contributed by atoms with Gasteiger partial charge in [-0.3, -0.25) is 5.10 Å². The van der Waals surface area contributed by atoms with Crippen LogP contribution in [-0.4, -0.2) is 53.9 Å². The van der Waals surface area contributed by atoms with Crippen molar-refractivity contribution in [2.24, 2.45) is 0 Å². The zero-order valence-electron chi connectivity index (χ0n) is 26.0. The van der Waals surface area contributed by atoms with E-state index in [0.717, 1.165) is 15.9 Å². The highest BCUT2D eigenvalue weighted by molar-refractivity contribution is 6.99. The first kappa shape index (κ1) is 32.5. The van der Waals surface area contributed by atoms with Crippen molar-refractivity contribution in [1.82, 2.24) is 15.1 Å². The number of nitrogens with one attached hydrogen (secondary N) is 1. The van der Waals surface area contributed by atoms with E-state index in [2.05, 4.69) is 55.2 Å². The Bertz CT molecular complexity index is 1510. The zero-order valence-corrected chi connectivity index (χ0v) is 27.0. The minimum absolute atomic E-state index is 0.0324. The Labute approximate surface area is 264 Å². The number of aromatic amines is 1. The molecule has 0 bridgehead atoms. The van der Waals surface area contributed by atoms with Crippen molar-refractivity contribution in [1.29, 1.82) is 0 Å². The van der Waals surface area contributed by atoms with Gasteiger partial charge in [-0.15, -0.1) is 0 Å². The van der Waals surface area contributed by atoms with Gasteiger partial charge in [0.05, 0.1) is 12.6 Å². The fourth-order valence-electron chi connectivity index (χ4n) is 6.17. The number of aliphatic hydroxyl groups excluding tert-OH is 1. The van der Waals surface area contributed by atoms with Gasteiger partial charge in [-0.1, -0.05) is 112 Å². The smallest absolute Gasteiger partial charge is 0.410 e. The molecule has 45 heavy (non-hydrogen) atoms. The third-order valence-electron chi connectivity index (χ3n) is 8.42. The number of rotatable bonds is 11. The zero-order chi connectivity index (χ0) is 32.1. The van der Waals surface area contributed by atoms with Crippen LogP contribution >= 0.6 is 0 Å². The molecule has 0 radical (unpaired) electrons. The number of aliphatic hydroxyl groups is 1. The number of amides is 1. The van der Waals surface area contributed by atoms with Crippen molar-refractivity contribution in [2.45, 2.75) is 70.3 Å². The summed E-state index contributed by atoms with van der Waals surface area (Å²) >= 11 is 0. The van der Waals surface area contributed by atoms with E-state index >= 15 is 8.78 Å². The number of carbonyl (C=O) groups is 1. The fourth-order valence-corrected chi connectivity index (χ4v) is 10.7. The summed E-state index contributed by atoms with van der Waals surface area (Å²) in [5.41, 5.74) is 1.25. The molecule has 1 atom stereocenters. The van der Waals surface area contributed by atoms with Gasteiger partial charge < -0.3 is 19.2 Å². The molecule has 1 amide bonds. The molecule has 0 fully saturated rings. The normalized spacial score (nSPS) is 14.6. The number of aromatic nitrogens is 2. The van der Waals surface area contributed by atoms with Gasteiger partial charge in [-0.05, 0) is 27.4 Å². The molecule has 1 aromatic heterocycles. The Morgan fingerprint density at radius 2 is 1.56 bits per heavy atom. The lowest BCUT2D eigenvalue weighted by Crippen LogP contribution is -2.66. The first-order valence-corrected chi connectivity index (χ1v) is 17.3. The number of hydrogen-bond acceptors (Lipinski definition) is 5. The number of H-pyrrole nitrogens is 1. The first-order chi connectivity index (χ1) is 21.5. The first-order valence-electron chi connectivity index (χ1n) is 15.3. The molecule has 2 N–H and O–H groups in total. The number of halogens is 2. The molecule has 3 aromatic carbocycles. The molecule has 10 heteroatoms. The monoisotopic (exact) mass is 633 g/mol. The summed E-state index contributed by atoms with van der Waals surface area (Å²) in [7, 11) is -2.86. The van der Waals surface area contributed by atoms with Crippen LogP contribution in [0.3, 0.4) is 0 Å². The summed E-state index contributed by atoms with van der Waals surface area (Å²) in [6, 6.07) is 29.4. The van der Waals surface area contributed by atoms with E-state index in [-0.39, 0.29) is 36.8 Å². The topological polar surface area (TPSA) is 87.7 Å². The van der Waals surface area contributed by atoms with Crippen LogP contribution in [0.1, 0.15) is 56.1 Å². The number of carbonyl (C=O) groups excluding carboxylic acids is 1. The maximum atomic E-state index is 15.7. The second-order valence-corrected chi connectivity index (χ2v) is 16.9. The lowest BCUT2D eigenvalue weighted by atomic mass is 9.98. The molecule has 4 aromatic rings. The van der Waals surface area contributed by atoms with E-state index in [9.17, 15) is 9.90 Å². The molecule has 7 nitrogen and oxygen atoms in total. The van der Waals surface area contributed by atoms with E-state index in [0.29, 0.717) is 18.7 Å². The van der Waals surface area contributed by atoms with Crippen molar-refractivity contribution in [3.05, 3.63) is 114 Å². The fraction of sp³-hybridized carbons (Fsp3) is 0.371. The minimum Gasteiger partial charge on any atom is -0.445 e. The van der Waals surface area contributed by atoms with Gasteiger partial charge in [0, 0.05) is 37.3 Å².